The number of aryl methyl sites for hydroxylation is 1. The first-order valence-corrected chi connectivity index (χ1v) is 16.4. The van der Waals surface area contributed by atoms with Crippen LogP contribution in [0.5, 0.6) is 23.0 Å². The van der Waals surface area contributed by atoms with Crippen LogP contribution in [0.3, 0.4) is 0 Å². The van der Waals surface area contributed by atoms with Gasteiger partial charge in [0.2, 0.25) is 17.7 Å². The molecule has 0 spiro atoms. The van der Waals surface area contributed by atoms with Gasteiger partial charge in [0.1, 0.15) is 36.8 Å². The molecule has 0 radical (unpaired) electrons. The Morgan fingerprint density at radius 1 is 1.02 bits per heavy atom. The topological polar surface area (TPSA) is 135 Å². The molecule has 4 amide bonds. The maximum Gasteiger partial charge on any atom is 0.255 e. The van der Waals surface area contributed by atoms with Gasteiger partial charge in [-0.15, -0.1) is 0 Å². The van der Waals surface area contributed by atoms with Crippen molar-refractivity contribution in [3.8, 4) is 23.0 Å². The van der Waals surface area contributed by atoms with Gasteiger partial charge in [-0.2, -0.15) is 0 Å². The Balaban J connectivity index is 1.49. The molecule has 11 nitrogen and oxygen atoms in total. The van der Waals surface area contributed by atoms with Crippen LogP contribution >= 0.6 is 0 Å². The van der Waals surface area contributed by atoms with Crippen molar-refractivity contribution in [3.63, 3.8) is 0 Å². The summed E-state index contributed by atoms with van der Waals surface area (Å²) in [6, 6.07) is 15.7. The summed E-state index contributed by atoms with van der Waals surface area (Å²) in [5.74, 6) is -1.48. The second-order valence-electron chi connectivity index (χ2n) is 12.6. The van der Waals surface area contributed by atoms with Crippen LogP contribution in [0, 0.1) is 18.7 Å². The number of para-hydroxylation sites is 2. The summed E-state index contributed by atoms with van der Waals surface area (Å²) in [6.07, 6.45) is 0.235. The van der Waals surface area contributed by atoms with Crippen molar-refractivity contribution in [2.24, 2.45) is 5.92 Å². The van der Waals surface area contributed by atoms with E-state index in [1.807, 2.05) is 32.9 Å². The molecule has 3 atom stereocenters. The maximum atomic E-state index is 14.9. The molecule has 0 bridgehead atoms. The molecule has 0 fully saturated rings. The van der Waals surface area contributed by atoms with Crippen molar-refractivity contribution in [2.45, 2.75) is 65.1 Å². The summed E-state index contributed by atoms with van der Waals surface area (Å²) in [4.78, 5) is 54.9. The van der Waals surface area contributed by atoms with Crippen molar-refractivity contribution >= 4 is 23.6 Å². The number of halogens is 1. The second kappa shape index (κ2) is 17.3. The summed E-state index contributed by atoms with van der Waals surface area (Å²) >= 11 is 0. The lowest BCUT2D eigenvalue weighted by atomic mass is 10.0. The van der Waals surface area contributed by atoms with Gasteiger partial charge in [-0.05, 0) is 69.0 Å². The van der Waals surface area contributed by atoms with Gasteiger partial charge >= 0.3 is 0 Å². The Hall–Kier alpha value is -5.13. The lowest BCUT2D eigenvalue weighted by Crippen LogP contribution is -2.51. The Morgan fingerprint density at radius 3 is 2.49 bits per heavy atom. The smallest absolute Gasteiger partial charge is 0.255 e. The minimum absolute atomic E-state index is 0.0553. The van der Waals surface area contributed by atoms with Gasteiger partial charge in [-0.1, -0.05) is 49.7 Å². The van der Waals surface area contributed by atoms with E-state index in [4.69, 9.17) is 14.2 Å². The number of hydrogen-bond acceptors (Lipinski definition) is 7. The fourth-order valence-electron chi connectivity index (χ4n) is 5.22. The van der Waals surface area contributed by atoms with Crippen molar-refractivity contribution < 1.29 is 37.8 Å². The number of carbonyl (C=O) groups is 4. The van der Waals surface area contributed by atoms with Gasteiger partial charge < -0.3 is 35.1 Å². The van der Waals surface area contributed by atoms with Crippen molar-refractivity contribution in [2.75, 3.05) is 26.8 Å². The maximum absolute atomic E-state index is 14.9. The summed E-state index contributed by atoms with van der Waals surface area (Å²) in [5, 5.41) is 8.36. The number of rotatable bonds is 9. The molecular formula is C37H45FN4O7. The highest BCUT2D eigenvalue weighted by Crippen LogP contribution is 2.34. The quantitative estimate of drug-likeness (QED) is 0.297. The van der Waals surface area contributed by atoms with Crippen LogP contribution in [0.1, 0.15) is 56.0 Å². The number of ether oxygens (including phenoxy) is 3. The summed E-state index contributed by atoms with van der Waals surface area (Å²) in [7, 11) is 1.64. The molecular weight excluding hydrogens is 631 g/mol. The third-order valence-corrected chi connectivity index (χ3v) is 7.86. The van der Waals surface area contributed by atoms with E-state index in [1.54, 1.807) is 56.4 Å². The molecule has 3 aromatic rings. The molecule has 3 aromatic carbocycles. The lowest BCUT2D eigenvalue weighted by molar-refractivity contribution is -0.136. The number of nitrogens with zero attached hydrogens (tertiary/aromatic N) is 1. The van der Waals surface area contributed by atoms with Crippen molar-refractivity contribution in [3.05, 3.63) is 83.7 Å². The highest BCUT2D eigenvalue weighted by atomic mass is 19.1. The number of carbonyl (C=O) groups excluding carboxylic acids is 4. The van der Waals surface area contributed by atoms with Crippen LogP contribution in [0.2, 0.25) is 0 Å². The molecule has 0 saturated carbocycles. The van der Waals surface area contributed by atoms with Crippen LogP contribution in [0.25, 0.3) is 0 Å². The molecule has 0 unspecified atom stereocenters. The van der Waals surface area contributed by atoms with E-state index in [1.165, 1.54) is 17.0 Å². The van der Waals surface area contributed by atoms with Gasteiger partial charge in [0, 0.05) is 13.5 Å². The minimum Gasteiger partial charge on any atom is -0.491 e. The largest absolute Gasteiger partial charge is 0.491 e. The Kier molecular flexibility index (Phi) is 13.0. The zero-order chi connectivity index (χ0) is 35.5. The molecule has 0 aliphatic carbocycles. The van der Waals surface area contributed by atoms with Crippen molar-refractivity contribution in [1.29, 1.82) is 0 Å². The molecule has 1 aliphatic rings. The zero-order valence-electron chi connectivity index (χ0n) is 28.6. The van der Waals surface area contributed by atoms with Crippen molar-refractivity contribution in [1.82, 2.24) is 20.9 Å². The molecule has 1 aliphatic heterocycles. The molecule has 0 saturated heterocycles. The van der Waals surface area contributed by atoms with Crippen LogP contribution in [-0.4, -0.2) is 73.5 Å². The zero-order valence-corrected chi connectivity index (χ0v) is 28.6. The highest BCUT2D eigenvalue weighted by Gasteiger charge is 2.29. The molecule has 3 N–H and O–H groups in total. The first kappa shape index (κ1) is 36.7. The molecule has 49 heavy (non-hydrogen) atoms. The van der Waals surface area contributed by atoms with Crippen LogP contribution in [0.15, 0.2) is 66.7 Å². The fourth-order valence-corrected chi connectivity index (χ4v) is 5.22. The predicted molar refractivity (Wildman–Crippen MR) is 182 cm³/mol. The summed E-state index contributed by atoms with van der Waals surface area (Å²) < 4.78 is 32.4. The number of hydrogen-bond donors (Lipinski definition) is 3. The van der Waals surface area contributed by atoms with Gasteiger partial charge in [-0.25, -0.2) is 4.39 Å². The second-order valence-corrected chi connectivity index (χ2v) is 12.6. The van der Waals surface area contributed by atoms with E-state index < -0.39 is 41.7 Å². The van der Waals surface area contributed by atoms with E-state index in [9.17, 15) is 23.6 Å². The summed E-state index contributed by atoms with van der Waals surface area (Å²) in [6.45, 7) is 7.75. The van der Waals surface area contributed by atoms with Gasteiger partial charge in [0.05, 0.1) is 18.2 Å². The lowest BCUT2D eigenvalue weighted by Gasteiger charge is -2.26. The number of amides is 4. The van der Waals surface area contributed by atoms with Crippen LogP contribution in [0.4, 0.5) is 4.39 Å². The van der Waals surface area contributed by atoms with Crippen LogP contribution in [-0.2, 0) is 14.4 Å². The number of fused-ring (bicyclic) bond motifs is 1. The van der Waals surface area contributed by atoms with Gasteiger partial charge in [0.15, 0.2) is 17.3 Å². The number of likely N-dealkylation sites (N-methyl/N-ethyl adjacent to an activating group) is 1. The van der Waals surface area contributed by atoms with E-state index in [0.717, 1.165) is 5.56 Å². The van der Waals surface area contributed by atoms with E-state index in [2.05, 4.69) is 16.0 Å². The Bertz CT molecular complexity index is 1610. The third kappa shape index (κ3) is 10.7. The standard InChI is InChI=1S/C37H45FN4O7/c1-23(2)21-30-37(46)42(5)19-20-47-31-11-7-6-9-27(31)35(44)41-29(17-18-33(43)40-30)36(45)39-25(4)22-48-34-28(38)10-8-12-32(34)49-26-15-13-24(3)14-16-26/h6-16,23,25,29-30H,17-22H2,1-5H3,(H,39,45)(H,40,43)(H,41,44)/t25-,29+,30+/m1/s1. The number of nitrogens with one attached hydrogen (secondary N) is 3. The normalized spacial score (nSPS) is 18.2. The Labute approximate surface area is 286 Å². The molecule has 4 rings (SSSR count). The summed E-state index contributed by atoms with van der Waals surface area (Å²) in [5.41, 5.74) is 1.24. The SMILES string of the molecule is Cc1ccc(Oc2cccc(F)c2OC[C@@H](C)NC(=O)[C@@H]2CCC(=O)N[C@@H](CC(C)C)C(=O)N(C)CCOc3ccccc3C(=O)N2)cc1. The predicted octanol–water partition coefficient (Wildman–Crippen LogP) is 4.77. The molecule has 12 heteroatoms. The Morgan fingerprint density at radius 2 is 1.76 bits per heavy atom. The minimum atomic E-state index is -1.13. The molecule has 0 aromatic heterocycles. The molecule has 262 valence electrons. The average molecular weight is 677 g/mol. The fraction of sp³-hybridized carbons (Fsp3) is 0.405. The van der Waals surface area contributed by atoms with Gasteiger partial charge in [0.25, 0.3) is 5.91 Å². The third-order valence-electron chi connectivity index (χ3n) is 7.86. The first-order chi connectivity index (χ1) is 23.4. The highest BCUT2D eigenvalue weighted by molar-refractivity contribution is 6.00. The van der Waals surface area contributed by atoms with Crippen LogP contribution < -0.4 is 30.2 Å². The van der Waals surface area contributed by atoms with E-state index in [-0.39, 0.29) is 67.2 Å². The average Bonchev–Trinajstić information content (AvgIpc) is 3.06. The monoisotopic (exact) mass is 676 g/mol. The van der Waals surface area contributed by atoms with E-state index >= 15 is 0 Å². The number of benzene rings is 3. The van der Waals surface area contributed by atoms with Gasteiger partial charge in [-0.3, -0.25) is 19.2 Å². The van der Waals surface area contributed by atoms with E-state index in [0.29, 0.717) is 12.2 Å². The first-order valence-electron chi connectivity index (χ1n) is 16.4. The molecule has 1 heterocycles.